The van der Waals surface area contributed by atoms with Crippen molar-refractivity contribution >= 4 is 0 Å². The molecule has 2 atom stereocenters. The molecule has 0 spiro atoms. The van der Waals surface area contributed by atoms with Crippen LogP contribution in [0.3, 0.4) is 0 Å². The van der Waals surface area contributed by atoms with Crippen LogP contribution in [0.5, 0.6) is 0 Å². The van der Waals surface area contributed by atoms with Crippen molar-refractivity contribution in [3.05, 3.63) is 60.2 Å². The lowest BCUT2D eigenvalue weighted by Gasteiger charge is -2.43. The second-order valence-corrected chi connectivity index (χ2v) is 5.95. The third-order valence-corrected chi connectivity index (χ3v) is 4.42. The van der Waals surface area contributed by atoms with Crippen LogP contribution in [0.1, 0.15) is 33.5 Å². The molecule has 1 saturated heterocycles. The van der Waals surface area contributed by atoms with Crippen LogP contribution in [0.15, 0.2) is 43.0 Å². The summed E-state index contributed by atoms with van der Waals surface area (Å²) in [6, 6.07) is 1.63. The Balaban J connectivity index is 2.06. The Morgan fingerprint density at radius 3 is 2.80 bits per heavy atom. The maximum absolute atomic E-state index is 14.7. The average molecular weight is 355 g/mol. The first-order valence-electron chi connectivity index (χ1n) is 10.7. The lowest BCUT2D eigenvalue weighted by Crippen LogP contribution is -2.53. The number of likely N-dealkylation sites (tertiary alicyclic amines) is 1. The highest BCUT2D eigenvalue weighted by atomic mass is 19.1. The third kappa shape index (κ3) is 3.62. The summed E-state index contributed by atoms with van der Waals surface area (Å²) in [6.07, 6.45) is -2.23. The Hall–Kier alpha value is -2.12. The van der Waals surface area contributed by atoms with Crippen molar-refractivity contribution in [2.24, 2.45) is 0 Å². The van der Waals surface area contributed by atoms with E-state index in [1.54, 1.807) is 0 Å². The molecule has 1 aromatic carbocycles. The molecule has 0 unspecified atom stereocenters. The van der Waals surface area contributed by atoms with Crippen molar-refractivity contribution in [3.8, 4) is 0 Å². The zero-order valence-corrected chi connectivity index (χ0v) is 13.6. The van der Waals surface area contributed by atoms with Gasteiger partial charge in [-0.2, -0.15) is 5.10 Å². The third-order valence-electron chi connectivity index (χ3n) is 4.42. The average Bonchev–Trinajstić information content (AvgIpc) is 3.10. The number of halogens is 2. The van der Waals surface area contributed by atoms with E-state index < -0.39 is 61.2 Å². The first kappa shape index (κ1) is 11.5. The number of nitrogens with zero attached hydrogens (tertiary/aromatic N) is 4. The summed E-state index contributed by atoms with van der Waals surface area (Å²) in [5.74, 6) is -1.85. The fourth-order valence-electron chi connectivity index (χ4n) is 2.90. The van der Waals surface area contributed by atoms with Gasteiger partial charge in [-0.3, -0.25) is 4.90 Å². The van der Waals surface area contributed by atoms with Gasteiger partial charge >= 0.3 is 0 Å². The van der Waals surface area contributed by atoms with Crippen molar-refractivity contribution in [3.63, 3.8) is 0 Å². The van der Waals surface area contributed by atoms with Crippen molar-refractivity contribution in [2.45, 2.75) is 37.9 Å². The van der Waals surface area contributed by atoms with Crippen LogP contribution in [0.25, 0.3) is 0 Å². The van der Waals surface area contributed by atoms with Crippen molar-refractivity contribution in [1.29, 1.82) is 0 Å². The highest BCUT2D eigenvalue weighted by molar-refractivity contribution is 5.27. The van der Waals surface area contributed by atoms with Gasteiger partial charge in [0.1, 0.15) is 29.9 Å². The monoisotopic (exact) mass is 355 g/mol. The van der Waals surface area contributed by atoms with E-state index in [1.807, 2.05) is 0 Å². The smallest absolute Gasteiger partial charge is 0.137 e. The van der Waals surface area contributed by atoms with Crippen LogP contribution in [0, 0.1) is 11.6 Å². The van der Waals surface area contributed by atoms with E-state index in [2.05, 4.69) is 10.1 Å². The summed E-state index contributed by atoms with van der Waals surface area (Å²) in [5, 5.41) is 15.6. The predicted octanol–water partition coefficient (Wildman–Crippen LogP) is 2.48. The molecule has 1 aliphatic heterocycles. The van der Waals surface area contributed by atoms with Gasteiger partial charge in [-0.1, -0.05) is 18.2 Å². The van der Waals surface area contributed by atoms with Crippen LogP contribution in [-0.4, -0.2) is 43.9 Å². The molecule has 0 radical (unpaired) electrons. The lowest BCUT2D eigenvalue weighted by atomic mass is 9.84. The molecule has 25 heavy (non-hydrogen) atoms. The molecule has 5 nitrogen and oxygen atoms in total. The van der Waals surface area contributed by atoms with E-state index in [-0.39, 0.29) is 12.1 Å². The summed E-state index contributed by atoms with van der Waals surface area (Å²) in [6.45, 7) is -0.656. The maximum Gasteiger partial charge on any atom is 0.137 e. The molecule has 1 N–H and O–H groups in total. The Labute approximate surface area is 154 Å². The largest absolute Gasteiger partial charge is 0.381 e. The Morgan fingerprint density at radius 1 is 1.44 bits per heavy atom. The molecule has 2 heterocycles. The van der Waals surface area contributed by atoms with Gasteiger partial charge in [0.2, 0.25) is 0 Å². The van der Waals surface area contributed by atoms with Gasteiger partial charge in [0, 0.05) is 36.2 Å². The Kier molecular flexibility index (Phi) is 3.22. The Bertz CT molecular complexity index is 963. The minimum absolute atomic E-state index is 0.263. The molecule has 0 bridgehead atoms. The van der Waals surface area contributed by atoms with Crippen LogP contribution >= 0.6 is 0 Å². The molecule has 3 rings (SSSR count). The van der Waals surface area contributed by atoms with E-state index in [0.717, 1.165) is 12.1 Å². The van der Waals surface area contributed by atoms with Crippen molar-refractivity contribution in [2.75, 3.05) is 13.1 Å². The first-order chi connectivity index (χ1) is 14.3. The van der Waals surface area contributed by atoms with Gasteiger partial charge in [-0.25, -0.2) is 18.4 Å². The molecule has 134 valence electrons. The maximum atomic E-state index is 14.7. The second kappa shape index (κ2) is 7.01. The molecular formula is C18H22F2N4O. The minimum atomic E-state index is -2.37. The number of hydrogen-bond acceptors (Lipinski definition) is 4. The number of aromatic nitrogens is 3. The Morgan fingerprint density at radius 2 is 2.20 bits per heavy atom. The summed E-state index contributed by atoms with van der Waals surface area (Å²) in [5.41, 5.74) is -2.92. The van der Waals surface area contributed by atoms with Crippen LogP contribution in [0.4, 0.5) is 8.78 Å². The first-order valence-corrected chi connectivity index (χ1v) is 7.71. The van der Waals surface area contributed by atoms with E-state index in [0.29, 0.717) is 6.07 Å². The molecule has 1 fully saturated rings. The van der Waals surface area contributed by atoms with Gasteiger partial charge < -0.3 is 5.11 Å². The fraction of sp³-hybridized carbons (Fsp3) is 0.444. The fourth-order valence-corrected chi connectivity index (χ4v) is 2.90. The summed E-state index contributed by atoms with van der Waals surface area (Å²) in [7, 11) is 0. The van der Waals surface area contributed by atoms with Gasteiger partial charge in [0.15, 0.2) is 0 Å². The quantitative estimate of drug-likeness (QED) is 0.661. The number of piperidine rings is 1. The number of rotatable bonds is 5. The SMILES string of the molecule is [2H][13C]([2H])=C1C([2H])([2H])CN([C@H](C)[C@](O)(Cn2cncn2)c2ccc(F)cc2F)CC1([2H])[2H]. The number of hydrogen-bond donors (Lipinski definition) is 1. The van der Waals surface area contributed by atoms with Gasteiger partial charge in [0.25, 0.3) is 0 Å². The summed E-state index contributed by atoms with van der Waals surface area (Å²) in [4.78, 5) is 5.09. The molecule has 0 aliphatic carbocycles. The normalized spacial score (nSPS) is 27.0. The van der Waals surface area contributed by atoms with Gasteiger partial charge in [-0.15, -0.1) is 0 Å². The molecule has 1 aromatic heterocycles. The standard InChI is InChI=1S/C18H22F2N4O/c1-13-5-7-23(8-6-13)14(2)18(25,10-24-12-21-11-22-24)16-4-3-15(19)9-17(16)20/h3-4,9,11-12,14,25H,1,5-8,10H2,2H3/t14-,18-/m1/s1/i1+1D2,5D2,6D2. The van der Waals surface area contributed by atoms with E-state index >= 15 is 0 Å². The minimum Gasteiger partial charge on any atom is -0.381 e. The topological polar surface area (TPSA) is 54.2 Å². The van der Waals surface area contributed by atoms with E-state index in [1.165, 1.54) is 29.2 Å². The predicted molar refractivity (Wildman–Crippen MR) is 89.7 cm³/mol. The lowest BCUT2D eigenvalue weighted by molar-refractivity contribution is -0.0657. The molecule has 2 aromatic rings. The summed E-state index contributed by atoms with van der Waals surface area (Å²) >= 11 is 0. The highest BCUT2D eigenvalue weighted by Crippen LogP contribution is 2.34. The molecular weight excluding hydrogens is 327 g/mol. The van der Waals surface area contributed by atoms with Gasteiger partial charge in [0.05, 0.1) is 9.29 Å². The van der Waals surface area contributed by atoms with Crippen molar-refractivity contribution < 1.29 is 22.1 Å². The van der Waals surface area contributed by atoms with Crippen molar-refractivity contribution in [1.82, 2.24) is 19.7 Å². The van der Waals surface area contributed by atoms with E-state index in [9.17, 15) is 13.9 Å². The number of benzene rings is 1. The summed E-state index contributed by atoms with van der Waals surface area (Å²) < 4.78 is 77.3. The van der Waals surface area contributed by atoms with Crippen LogP contribution in [0.2, 0.25) is 0 Å². The van der Waals surface area contributed by atoms with E-state index in [4.69, 9.17) is 8.22 Å². The van der Waals surface area contributed by atoms with Crippen LogP contribution < -0.4 is 0 Å². The zero-order chi connectivity index (χ0) is 23.2. The molecule has 0 saturated carbocycles. The van der Waals surface area contributed by atoms with Crippen LogP contribution in [-0.2, 0) is 12.1 Å². The molecule has 1 aliphatic rings. The van der Waals surface area contributed by atoms with Gasteiger partial charge in [-0.05, 0) is 25.7 Å². The second-order valence-electron chi connectivity index (χ2n) is 5.95. The number of aliphatic hydroxyl groups is 1. The molecule has 7 heteroatoms. The molecule has 0 amide bonds. The zero-order valence-electron chi connectivity index (χ0n) is 19.6. The highest BCUT2D eigenvalue weighted by Gasteiger charge is 2.42.